The molecule has 0 fully saturated rings. The zero-order valence-electron chi connectivity index (χ0n) is 10.5. The Bertz CT molecular complexity index is 583. The van der Waals surface area contributed by atoms with E-state index >= 15 is 0 Å². The first-order valence-electron chi connectivity index (χ1n) is 6.41. The zero-order chi connectivity index (χ0) is 13.1. The normalized spacial score (nSPS) is 14.2. The van der Waals surface area contributed by atoms with Crippen molar-refractivity contribution in [2.45, 2.75) is 6.42 Å². The molecule has 2 heterocycles. The van der Waals surface area contributed by atoms with Crippen molar-refractivity contribution in [3.63, 3.8) is 0 Å². The smallest absolute Gasteiger partial charge is 0.259 e. The largest absolute Gasteiger partial charge is 0.383 e. The molecule has 0 aliphatic carbocycles. The Balaban J connectivity index is 1.99. The minimum Gasteiger partial charge on any atom is -0.383 e. The van der Waals surface area contributed by atoms with Crippen LogP contribution in [0.25, 0.3) is 0 Å². The summed E-state index contributed by atoms with van der Waals surface area (Å²) in [6.45, 7) is 1.60. The van der Waals surface area contributed by atoms with Gasteiger partial charge in [-0.3, -0.25) is 9.78 Å². The molecule has 1 N–H and O–H groups in total. The number of fused-ring (bicyclic) bond motifs is 1. The Morgan fingerprint density at radius 1 is 1.21 bits per heavy atom. The number of carbonyl (C=O) groups excluding carboxylic acids is 1. The van der Waals surface area contributed by atoms with E-state index in [1.54, 1.807) is 24.5 Å². The summed E-state index contributed by atoms with van der Waals surface area (Å²) in [5.41, 5.74) is 2.57. The number of nitrogens with zero attached hydrogens (tertiary/aromatic N) is 2. The van der Waals surface area contributed by atoms with Crippen molar-refractivity contribution in [3.8, 4) is 0 Å². The number of pyridine rings is 1. The number of para-hydroxylation sites is 2. The van der Waals surface area contributed by atoms with Gasteiger partial charge in [-0.1, -0.05) is 12.1 Å². The van der Waals surface area contributed by atoms with Crippen molar-refractivity contribution in [2.24, 2.45) is 0 Å². The number of anilines is 2. The van der Waals surface area contributed by atoms with E-state index in [1.165, 1.54) is 0 Å². The van der Waals surface area contributed by atoms with Crippen molar-refractivity contribution in [3.05, 3.63) is 54.4 Å². The maximum atomic E-state index is 12.6. The molecule has 0 spiro atoms. The molecule has 19 heavy (non-hydrogen) atoms. The van der Waals surface area contributed by atoms with Crippen LogP contribution in [0.4, 0.5) is 11.4 Å². The quantitative estimate of drug-likeness (QED) is 0.849. The third-order valence-electron chi connectivity index (χ3n) is 3.22. The van der Waals surface area contributed by atoms with Crippen LogP contribution in [0.2, 0.25) is 0 Å². The fourth-order valence-electron chi connectivity index (χ4n) is 2.30. The molecule has 0 radical (unpaired) electrons. The standard InChI is InChI=1S/C15H15N3O/c19-15(12-5-3-8-16-11-12)18-10-4-9-17-13-6-1-2-7-14(13)18/h1-3,5-8,11,17H,4,9-10H2. The lowest BCUT2D eigenvalue weighted by atomic mass is 10.2. The Labute approximate surface area is 112 Å². The van der Waals surface area contributed by atoms with Crippen molar-refractivity contribution < 1.29 is 4.79 Å². The van der Waals surface area contributed by atoms with Crippen LogP contribution in [0.1, 0.15) is 16.8 Å². The SMILES string of the molecule is O=C(c1cccnc1)N1CCCNc2ccccc21. The molecule has 3 rings (SSSR count). The number of carbonyl (C=O) groups is 1. The summed E-state index contributed by atoms with van der Waals surface area (Å²) in [6.07, 6.45) is 4.22. The van der Waals surface area contributed by atoms with Gasteiger partial charge in [0.2, 0.25) is 0 Å². The van der Waals surface area contributed by atoms with Crippen LogP contribution in [-0.2, 0) is 0 Å². The lowest BCUT2D eigenvalue weighted by Crippen LogP contribution is -2.31. The van der Waals surface area contributed by atoms with Crippen molar-refractivity contribution in [1.82, 2.24) is 4.98 Å². The van der Waals surface area contributed by atoms with Crippen LogP contribution in [0.3, 0.4) is 0 Å². The van der Waals surface area contributed by atoms with Gasteiger partial charge in [0, 0.05) is 25.5 Å². The summed E-state index contributed by atoms with van der Waals surface area (Å²) in [5.74, 6) is 0.00394. The average Bonchev–Trinajstić information content (AvgIpc) is 2.70. The molecule has 1 aromatic heterocycles. The summed E-state index contributed by atoms with van der Waals surface area (Å²) in [7, 11) is 0. The minimum absolute atomic E-state index is 0.00394. The highest BCUT2D eigenvalue weighted by Gasteiger charge is 2.21. The topological polar surface area (TPSA) is 45.2 Å². The molecular formula is C15H15N3O. The first-order chi connectivity index (χ1) is 9.36. The molecule has 1 aromatic carbocycles. The van der Waals surface area contributed by atoms with Gasteiger partial charge >= 0.3 is 0 Å². The molecule has 4 heteroatoms. The number of aromatic nitrogens is 1. The average molecular weight is 253 g/mol. The van der Waals surface area contributed by atoms with E-state index in [9.17, 15) is 4.79 Å². The minimum atomic E-state index is 0.00394. The highest BCUT2D eigenvalue weighted by atomic mass is 16.2. The number of nitrogens with one attached hydrogen (secondary N) is 1. The second kappa shape index (κ2) is 5.10. The molecule has 0 atom stereocenters. The fraction of sp³-hybridized carbons (Fsp3) is 0.200. The van der Waals surface area contributed by atoms with Gasteiger partial charge in [0.05, 0.1) is 16.9 Å². The van der Waals surface area contributed by atoms with Gasteiger partial charge in [-0.05, 0) is 30.7 Å². The van der Waals surface area contributed by atoms with Crippen LogP contribution in [0.5, 0.6) is 0 Å². The van der Waals surface area contributed by atoms with E-state index in [0.717, 1.165) is 30.9 Å². The number of benzene rings is 1. The number of rotatable bonds is 1. The van der Waals surface area contributed by atoms with Crippen LogP contribution < -0.4 is 10.2 Å². The summed E-state index contributed by atoms with van der Waals surface area (Å²) < 4.78 is 0. The van der Waals surface area contributed by atoms with Crippen molar-refractivity contribution in [1.29, 1.82) is 0 Å². The molecule has 1 aliphatic rings. The van der Waals surface area contributed by atoms with Crippen LogP contribution >= 0.6 is 0 Å². The number of hydrogen-bond donors (Lipinski definition) is 1. The van der Waals surface area contributed by atoms with E-state index in [-0.39, 0.29) is 5.91 Å². The molecule has 0 bridgehead atoms. The Morgan fingerprint density at radius 2 is 2.11 bits per heavy atom. The molecule has 0 saturated carbocycles. The molecular weight excluding hydrogens is 238 g/mol. The second-order valence-electron chi connectivity index (χ2n) is 4.50. The maximum Gasteiger partial charge on any atom is 0.259 e. The molecule has 1 aliphatic heterocycles. The fourth-order valence-corrected chi connectivity index (χ4v) is 2.30. The highest BCUT2D eigenvalue weighted by Crippen LogP contribution is 2.29. The summed E-state index contributed by atoms with van der Waals surface area (Å²) in [5, 5.41) is 3.35. The van der Waals surface area contributed by atoms with Gasteiger partial charge in [-0.2, -0.15) is 0 Å². The molecule has 2 aromatic rings. The van der Waals surface area contributed by atoms with Gasteiger partial charge in [-0.15, -0.1) is 0 Å². The molecule has 0 unspecified atom stereocenters. The second-order valence-corrected chi connectivity index (χ2v) is 4.50. The predicted octanol–water partition coefficient (Wildman–Crippen LogP) is 2.54. The van der Waals surface area contributed by atoms with Gasteiger partial charge in [0.15, 0.2) is 0 Å². The van der Waals surface area contributed by atoms with Crippen molar-refractivity contribution >= 4 is 17.3 Å². The lowest BCUT2D eigenvalue weighted by Gasteiger charge is -2.22. The molecule has 96 valence electrons. The first kappa shape index (κ1) is 11.7. The Hall–Kier alpha value is -2.36. The lowest BCUT2D eigenvalue weighted by molar-refractivity contribution is 0.0987. The number of amides is 1. The number of hydrogen-bond acceptors (Lipinski definition) is 3. The van der Waals surface area contributed by atoms with Gasteiger partial charge < -0.3 is 10.2 Å². The van der Waals surface area contributed by atoms with E-state index in [1.807, 2.05) is 29.2 Å². The zero-order valence-corrected chi connectivity index (χ0v) is 10.5. The molecule has 1 amide bonds. The summed E-state index contributed by atoms with van der Waals surface area (Å²) >= 11 is 0. The predicted molar refractivity (Wildman–Crippen MR) is 75.5 cm³/mol. The third kappa shape index (κ3) is 2.29. The highest BCUT2D eigenvalue weighted by molar-refractivity contribution is 6.07. The van der Waals surface area contributed by atoms with Crippen LogP contribution in [0, 0.1) is 0 Å². The van der Waals surface area contributed by atoms with Gasteiger partial charge in [0.25, 0.3) is 5.91 Å². The van der Waals surface area contributed by atoms with E-state index in [4.69, 9.17) is 0 Å². The monoisotopic (exact) mass is 253 g/mol. The van der Waals surface area contributed by atoms with E-state index < -0.39 is 0 Å². The molecule has 4 nitrogen and oxygen atoms in total. The van der Waals surface area contributed by atoms with Gasteiger partial charge in [-0.25, -0.2) is 0 Å². The Kier molecular flexibility index (Phi) is 3.14. The third-order valence-corrected chi connectivity index (χ3v) is 3.22. The van der Waals surface area contributed by atoms with Crippen molar-refractivity contribution in [2.75, 3.05) is 23.3 Å². The van der Waals surface area contributed by atoms with Crippen LogP contribution in [-0.4, -0.2) is 24.0 Å². The van der Waals surface area contributed by atoms with E-state index in [2.05, 4.69) is 10.3 Å². The van der Waals surface area contributed by atoms with E-state index in [0.29, 0.717) is 5.56 Å². The molecule has 0 saturated heterocycles. The Morgan fingerprint density at radius 3 is 2.95 bits per heavy atom. The first-order valence-corrected chi connectivity index (χ1v) is 6.41. The maximum absolute atomic E-state index is 12.6. The van der Waals surface area contributed by atoms with Gasteiger partial charge in [0.1, 0.15) is 0 Å². The summed E-state index contributed by atoms with van der Waals surface area (Å²) in [4.78, 5) is 18.4. The van der Waals surface area contributed by atoms with Crippen LogP contribution in [0.15, 0.2) is 48.8 Å². The summed E-state index contributed by atoms with van der Waals surface area (Å²) in [6, 6.07) is 11.5.